The van der Waals surface area contributed by atoms with Gasteiger partial charge in [-0.05, 0) is 12.8 Å². The Bertz CT molecular complexity index is 235. The van der Waals surface area contributed by atoms with E-state index in [2.05, 4.69) is 6.92 Å². The van der Waals surface area contributed by atoms with Crippen LogP contribution in [0.2, 0.25) is 0 Å². The molecule has 0 amide bonds. The van der Waals surface area contributed by atoms with E-state index in [4.69, 9.17) is 14.2 Å². The highest BCUT2D eigenvalue weighted by atomic mass is 16.7. The van der Waals surface area contributed by atoms with Crippen molar-refractivity contribution in [2.24, 2.45) is 0 Å². The van der Waals surface area contributed by atoms with Crippen molar-refractivity contribution < 1.29 is 24.4 Å². The SMILES string of the molecule is CCCCCC1OC[C@H]([C@H]2OC[C@H](O)[C@H]2O)O1. The van der Waals surface area contributed by atoms with Crippen LogP contribution < -0.4 is 0 Å². The fraction of sp³-hybridized carbons (Fsp3) is 1.00. The second kappa shape index (κ2) is 6.11. The number of unbranched alkanes of at least 4 members (excludes halogenated alkanes) is 2. The minimum absolute atomic E-state index is 0.173. The molecular formula is C12H22O5. The van der Waals surface area contributed by atoms with Gasteiger partial charge in [-0.2, -0.15) is 0 Å². The number of ether oxygens (including phenoxy) is 3. The van der Waals surface area contributed by atoms with Crippen LogP contribution >= 0.6 is 0 Å². The second-order valence-corrected chi connectivity index (χ2v) is 4.79. The summed E-state index contributed by atoms with van der Waals surface area (Å²) in [6.45, 7) is 2.76. The summed E-state index contributed by atoms with van der Waals surface area (Å²) in [6, 6.07) is 0. The molecule has 0 aromatic rings. The van der Waals surface area contributed by atoms with Gasteiger partial charge in [-0.3, -0.25) is 0 Å². The van der Waals surface area contributed by atoms with E-state index >= 15 is 0 Å². The van der Waals surface area contributed by atoms with Crippen molar-refractivity contribution in [3.05, 3.63) is 0 Å². The summed E-state index contributed by atoms with van der Waals surface area (Å²) in [5.74, 6) is 0. The lowest BCUT2D eigenvalue weighted by molar-refractivity contribution is -0.103. The van der Waals surface area contributed by atoms with Crippen LogP contribution in [-0.2, 0) is 14.2 Å². The van der Waals surface area contributed by atoms with Gasteiger partial charge in [-0.25, -0.2) is 0 Å². The van der Waals surface area contributed by atoms with E-state index in [-0.39, 0.29) is 19.0 Å². The van der Waals surface area contributed by atoms with Gasteiger partial charge in [-0.15, -0.1) is 0 Å². The molecule has 0 saturated carbocycles. The maximum absolute atomic E-state index is 9.71. The van der Waals surface area contributed by atoms with Crippen molar-refractivity contribution in [2.45, 2.75) is 63.3 Å². The predicted molar refractivity (Wildman–Crippen MR) is 60.5 cm³/mol. The molecule has 0 spiro atoms. The highest BCUT2D eigenvalue weighted by molar-refractivity contribution is 4.90. The lowest BCUT2D eigenvalue weighted by Gasteiger charge is -2.20. The fourth-order valence-corrected chi connectivity index (χ4v) is 2.31. The summed E-state index contributed by atoms with van der Waals surface area (Å²) in [4.78, 5) is 0. The summed E-state index contributed by atoms with van der Waals surface area (Å²) in [7, 11) is 0. The molecule has 2 fully saturated rings. The van der Waals surface area contributed by atoms with E-state index in [0.717, 1.165) is 12.8 Å². The van der Waals surface area contributed by atoms with Crippen LogP contribution in [0.25, 0.3) is 0 Å². The van der Waals surface area contributed by atoms with Crippen LogP contribution in [0.1, 0.15) is 32.6 Å². The third kappa shape index (κ3) is 3.17. The molecule has 100 valence electrons. The van der Waals surface area contributed by atoms with Crippen molar-refractivity contribution in [1.82, 2.24) is 0 Å². The summed E-state index contributed by atoms with van der Waals surface area (Å²) < 4.78 is 16.5. The third-order valence-corrected chi connectivity index (χ3v) is 3.37. The predicted octanol–water partition coefficient (Wildman–Crippen LogP) is 0.429. The zero-order valence-electron chi connectivity index (χ0n) is 10.2. The molecule has 2 heterocycles. The molecule has 17 heavy (non-hydrogen) atoms. The number of aliphatic hydroxyl groups excluding tert-OH is 2. The first-order valence-corrected chi connectivity index (χ1v) is 6.47. The molecule has 2 saturated heterocycles. The Morgan fingerprint density at radius 2 is 1.94 bits per heavy atom. The van der Waals surface area contributed by atoms with Gasteiger partial charge in [0, 0.05) is 0 Å². The van der Waals surface area contributed by atoms with Crippen LogP contribution in [0.15, 0.2) is 0 Å². The summed E-state index contributed by atoms with van der Waals surface area (Å²) >= 11 is 0. The van der Waals surface area contributed by atoms with Gasteiger partial charge >= 0.3 is 0 Å². The molecule has 5 heteroatoms. The van der Waals surface area contributed by atoms with Crippen LogP contribution in [0.4, 0.5) is 0 Å². The minimum Gasteiger partial charge on any atom is -0.388 e. The molecule has 5 nitrogen and oxygen atoms in total. The quantitative estimate of drug-likeness (QED) is 0.688. The standard InChI is InChI=1S/C12H22O5/c1-2-3-4-5-10-15-7-9(17-10)12-11(14)8(13)6-16-12/h8-14H,2-7H2,1H3/t8-,9+,10?,11+,12+/m0/s1. The third-order valence-electron chi connectivity index (χ3n) is 3.37. The van der Waals surface area contributed by atoms with E-state index in [0.29, 0.717) is 6.61 Å². The number of hydrogen-bond donors (Lipinski definition) is 2. The topological polar surface area (TPSA) is 68.2 Å². The van der Waals surface area contributed by atoms with Gasteiger partial charge in [0.25, 0.3) is 0 Å². The van der Waals surface area contributed by atoms with E-state index in [1.54, 1.807) is 0 Å². The van der Waals surface area contributed by atoms with Crippen LogP contribution in [0.3, 0.4) is 0 Å². The van der Waals surface area contributed by atoms with Gasteiger partial charge in [-0.1, -0.05) is 19.8 Å². The molecule has 1 unspecified atom stereocenters. The van der Waals surface area contributed by atoms with Gasteiger partial charge < -0.3 is 24.4 Å². The minimum atomic E-state index is -0.863. The zero-order valence-corrected chi connectivity index (χ0v) is 10.2. The first-order chi connectivity index (χ1) is 8.22. The monoisotopic (exact) mass is 246 g/mol. The van der Waals surface area contributed by atoms with E-state index in [9.17, 15) is 10.2 Å². The van der Waals surface area contributed by atoms with Crippen molar-refractivity contribution in [3.8, 4) is 0 Å². The molecule has 2 aliphatic rings. The largest absolute Gasteiger partial charge is 0.388 e. The van der Waals surface area contributed by atoms with Crippen molar-refractivity contribution in [1.29, 1.82) is 0 Å². The normalized spacial score (nSPS) is 42.2. The first-order valence-electron chi connectivity index (χ1n) is 6.47. The number of hydrogen-bond acceptors (Lipinski definition) is 5. The van der Waals surface area contributed by atoms with Crippen molar-refractivity contribution in [3.63, 3.8) is 0 Å². The Hall–Kier alpha value is -0.200. The maximum Gasteiger partial charge on any atom is 0.158 e. The highest BCUT2D eigenvalue weighted by Gasteiger charge is 2.43. The number of rotatable bonds is 5. The van der Waals surface area contributed by atoms with E-state index in [1.807, 2.05) is 0 Å². The average molecular weight is 246 g/mol. The maximum atomic E-state index is 9.71. The summed E-state index contributed by atoms with van der Waals surface area (Å²) in [5.41, 5.74) is 0. The molecule has 0 bridgehead atoms. The second-order valence-electron chi connectivity index (χ2n) is 4.79. The van der Waals surface area contributed by atoms with Crippen LogP contribution in [0.5, 0.6) is 0 Å². The summed E-state index contributed by atoms with van der Waals surface area (Å²) in [5, 5.41) is 19.1. The lowest BCUT2D eigenvalue weighted by Crippen LogP contribution is -2.39. The zero-order chi connectivity index (χ0) is 12.3. The molecule has 2 aliphatic heterocycles. The van der Waals surface area contributed by atoms with Crippen LogP contribution in [0, 0.1) is 0 Å². The Labute approximate surface area is 102 Å². The Kier molecular flexibility index (Phi) is 4.76. The Morgan fingerprint density at radius 1 is 1.12 bits per heavy atom. The van der Waals surface area contributed by atoms with E-state index < -0.39 is 18.3 Å². The molecule has 0 aromatic carbocycles. The first kappa shape index (κ1) is 13.2. The summed E-state index contributed by atoms with van der Waals surface area (Å²) in [6.07, 6.45) is 1.76. The van der Waals surface area contributed by atoms with Crippen molar-refractivity contribution >= 4 is 0 Å². The smallest absolute Gasteiger partial charge is 0.158 e. The molecule has 2 rings (SSSR count). The van der Waals surface area contributed by atoms with Gasteiger partial charge in [0.2, 0.25) is 0 Å². The van der Waals surface area contributed by atoms with Crippen LogP contribution in [-0.4, -0.2) is 54.1 Å². The van der Waals surface area contributed by atoms with Crippen molar-refractivity contribution in [2.75, 3.05) is 13.2 Å². The molecule has 2 N–H and O–H groups in total. The fourth-order valence-electron chi connectivity index (χ4n) is 2.31. The van der Waals surface area contributed by atoms with Gasteiger partial charge in [0.15, 0.2) is 6.29 Å². The number of aliphatic hydroxyl groups is 2. The molecule has 5 atom stereocenters. The Morgan fingerprint density at radius 3 is 2.59 bits per heavy atom. The highest BCUT2D eigenvalue weighted by Crippen LogP contribution is 2.26. The van der Waals surface area contributed by atoms with Gasteiger partial charge in [0.05, 0.1) is 13.2 Å². The van der Waals surface area contributed by atoms with E-state index in [1.165, 1.54) is 12.8 Å². The molecule has 0 aliphatic carbocycles. The molecular weight excluding hydrogens is 224 g/mol. The average Bonchev–Trinajstić information content (AvgIpc) is 2.89. The Balaban J connectivity index is 1.74. The molecule has 0 aromatic heterocycles. The van der Waals surface area contributed by atoms with Gasteiger partial charge in [0.1, 0.15) is 24.4 Å². The lowest BCUT2D eigenvalue weighted by atomic mass is 10.1. The molecule has 0 radical (unpaired) electrons.